The summed E-state index contributed by atoms with van der Waals surface area (Å²) in [7, 11) is 1.36. The van der Waals surface area contributed by atoms with Crippen LogP contribution in [0, 0.1) is 0 Å². The molecular formula is C60H112NO7P. The highest BCUT2D eigenvalue weighted by Crippen LogP contribution is 2.38. The van der Waals surface area contributed by atoms with Gasteiger partial charge in [0, 0.05) is 13.0 Å². The molecule has 9 heteroatoms. The number of hydrogen-bond donors (Lipinski definition) is 0. The third-order valence-electron chi connectivity index (χ3n) is 12.6. The van der Waals surface area contributed by atoms with E-state index in [0.29, 0.717) is 24.1 Å². The average molecular weight is 991 g/mol. The second-order valence-electron chi connectivity index (χ2n) is 20.6. The molecule has 0 aromatic heterocycles. The van der Waals surface area contributed by atoms with E-state index in [0.717, 1.165) is 57.8 Å². The van der Waals surface area contributed by atoms with E-state index in [1.54, 1.807) is 0 Å². The molecule has 0 rings (SSSR count). The Morgan fingerprint density at radius 2 is 0.841 bits per heavy atom. The Balaban J connectivity index is 4.07. The summed E-state index contributed by atoms with van der Waals surface area (Å²) in [5.74, 6) is -0.334. The van der Waals surface area contributed by atoms with Crippen molar-refractivity contribution in [1.29, 1.82) is 0 Å². The largest absolute Gasteiger partial charge is 0.756 e. The number of hydrogen-bond acceptors (Lipinski definition) is 7. The normalized spacial score (nSPS) is 13.9. The maximum absolute atomic E-state index is 12.8. The maximum Gasteiger partial charge on any atom is 0.306 e. The SMILES string of the molecule is CC/C=C\C/C=C\C/C=C\C/C=C\CCCCCCCCCCCCCOCC(COP(=O)([O-])OCC[N+](C)(C)C)OC(=O)CCCCCCCCCCCCC/C=C\CCCCCCCCCC. The van der Waals surface area contributed by atoms with Crippen molar-refractivity contribution in [3.8, 4) is 0 Å². The summed E-state index contributed by atoms with van der Waals surface area (Å²) in [5, 5.41) is 0. The zero-order valence-electron chi connectivity index (χ0n) is 46.0. The molecule has 2 unspecified atom stereocenters. The highest BCUT2D eigenvalue weighted by molar-refractivity contribution is 7.45. The highest BCUT2D eigenvalue weighted by Gasteiger charge is 2.20. The van der Waals surface area contributed by atoms with Crippen LogP contribution >= 0.6 is 7.82 Å². The quantitative estimate of drug-likeness (QED) is 0.0197. The Morgan fingerprint density at radius 3 is 1.28 bits per heavy atom. The minimum Gasteiger partial charge on any atom is -0.756 e. The average Bonchev–Trinajstić information content (AvgIpc) is 3.31. The second-order valence-corrected chi connectivity index (χ2v) is 22.0. The molecule has 69 heavy (non-hydrogen) atoms. The molecule has 0 aromatic rings. The second kappa shape index (κ2) is 52.5. The molecule has 0 saturated heterocycles. The van der Waals surface area contributed by atoms with Gasteiger partial charge in [0.05, 0.1) is 34.4 Å². The van der Waals surface area contributed by atoms with Crippen LogP contribution in [0.4, 0.5) is 0 Å². The summed E-state index contributed by atoms with van der Waals surface area (Å²) in [4.78, 5) is 25.3. The Labute approximate surface area is 428 Å². The number of carbonyl (C=O) groups is 1. The van der Waals surface area contributed by atoms with Gasteiger partial charge in [-0.3, -0.25) is 9.36 Å². The number of phosphoric acid groups is 1. The molecule has 0 heterocycles. The number of likely N-dealkylation sites (N-methyl/N-ethyl adjacent to an activating group) is 1. The lowest BCUT2D eigenvalue weighted by Gasteiger charge is -2.28. The third kappa shape index (κ3) is 57.0. The van der Waals surface area contributed by atoms with Crippen LogP contribution in [-0.4, -0.2) is 70.7 Å². The van der Waals surface area contributed by atoms with Crippen LogP contribution in [-0.2, 0) is 27.9 Å². The van der Waals surface area contributed by atoms with Crippen LogP contribution in [0.25, 0.3) is 0 Å². The van der Waals surface area contributed by atoms with Gasteiger partial charge in [-0.1, -0.05) is 235 Å². The molecule has 8 nitrogen and oxygen atoms in total. The van der Waals surface area contributed by atoms with Crippen molar-refractivity contribution in [3.05, 3.63) is 60.8 Å². The molecule has 0 aromatic carbocycles. The van der Waals surface area contributed by atoms with E-state index in [1.165, 1.54) is 180 Å². The number of carbonyl (C=O) groups excluding carboxylic acids is 1. The van der Waals surface area contributed by atoms with E-state index in [-0.39, 0.29) is 25.8 Å². The number of phosphoric ester groups is 1. The van der Waals surface area contributed by atoms with Crippen molar-refractivity contribution in [3.63, 3.8) is 0 Å². The van der Waals surface area contributed by atoms with Gasteiger partial charge in [-0.25, -0.2) is 0 Å². The van der Waals surface area contributed by atoms with Crippen LogP contribution in [0.3, 0.4) is 0 Å². The fourth-order valence-corrected chi connectivity index (χ4v) is 8.85. The maximum atomic E-state index is 12.8. The molecule has 0 aliphatic rings. The number of nitrogens with zero attached hydrogens (tertiary/aromatic N) is 1. The topological polar surface area (TPSA) is 94.1 Å². The Morgan fingerprint density at radius 1 is 0.464 bits per heavy atom. The van der Waals surface area contributed by atoms with Crippen LogP contribution in [0.2, 0.25) is 0 Å². The molecule has 404 valence electrons. The number of ether oxygens (including phenoxy) is 2. The number of rotatable bonds is 54. The van der Waals surface area contributed by atoms with E-state index in [2.05, 4.69) is 74.6 Å². The zero-order valence-corrected chi connectivity index (χ0v) is 46.9. The van der Waals surface area contributed by atoms with Gasteiger partial charge in [0.1, 0.15) is 19.3 Å². The van der Waals surface area contributed by atoms with Gasteiger partial charge >= 0.3 is 5.97 Å². The molecule has 0 aliphatic carbocycles. The molecule has 0 amide bonds. The first-order valence-corrected chi connectivity index (χ1v) is 30.5. The number of esters is 1. The Kier molecular flexibility index (Phi) is 51.2. The van der Waals surface area contributed by atoms with Gasteiger partial charge < -0.3 is 27.9 Å². The molecule has 0 aliphatic heterocycles. The van der Waals surface area contributed by atoms with E-state index in [4.69, 9.17) is 18.5 Å². The van der Waals surface area contributed by atoms with E-state index in [9.17, 15) is 14.3 Å². The first-order chi connectivity index (χ1) is 33.6. The van der Waals surface area contributed by atoms with Gasteiger partial charge in [-0.2, -0.15) is 0 Å². The van der Waals surface area contributed by atoms with Crippen LogP contribution in [0.1, 0.15) is 258 Å². The van der Waals surface area contributed by atoms with Crippen LogP contribution in [0.5, 0.6) is 0 Å². The molecule has 2 atom stereocenters. The summed E-state index contributed by atoms with van der Waals surface area (Å²) in [5.41, 5.74) is 0. The van der Waals surface area contributed by atoms with Gasteiger partial charge in [0.25, 0.3) is 7.82 Å². The van der Waals surface area contributed by atoms with Crippen molar-refractivity contribution < 1.29 is 37.3 Å². The summed E-state index contributed by atoms with van der Waals surface area (Å²) in [6.45, 7) is 5.33. The summed E-state index contributed by atoms with van der Waals surface area (Å²) in [6.07, 6.45) is 68.3. The van der Waals surface area contributed by atoms with E-state index < -0.39 is 13.9 Å². The number of allylic oxidation sites excluding steroid dienone is 10. The van der Waals surface area contributed by atoms with Gasteiger partial charge in [0.2, 0.25) is 0 Å². The molecule has 0 N–H and O–H groups in total. The first-order valence-electron chi connectivity index (χ1n) is 29.0. The van der Waals surface area contributed by atoms with Gasteiger partial charge in [-0.05, 0) is 77.0 Å². The lowest BCUT2D eigenvalue weighted by atomic mass is 10.0. The lowest BCUT2D eigenvalue weighted by molar-refractivity contribution is -0.870. The van der Waals surface area contributed by atoms with Crippen molar-refractivity contribution in [1.82, 2.24) is 0 Å². The molecule has 0 bridgehead atoms. The van der Waals surface area contributed by atoms with Crippen molar-refractivity contribution in [2.24, 2.45) is 0 Å². The van der Waals surface area contributed by atoms with Crippen LogP contribution in [0.15, 0.2) is 60.8 Å². The minimum absolute atomic E-state index is 0.0243. The fourth-order valence-electron chi connectivity index (χ4n) is 8.12. The van der Waals surface area contributed by atoms with Crippen molar-refractivity contribution in [2.45, 2.75) is 264 Å². The van der Waals surface area contributed by atoms with Crippen LogP contribution < -0.4 is 4.89 Å². The fraction of sp³-hybridized carbons (Fsp3) is 0.817. The molecular weight excluding hydrogens is 878 g/mol. The summed E-state index contributed by atoms with van der Waals surface area (Å²) < 4.78 is 34.9. The zero-order chi connectivity index (χ0) is 50.5. The van der Waals surface area contributed by atoms with Crippen molar-refractivity contribution >= 4 is 13.8 Å². The summed E-state index contributed by atoms with van der Waals surface area (Å²) >= 11 is 0. The molecule has 0 spiro atoms. The van der Waals surface area contributed by atoms with Gasteiger partial charge in [0.15, 0.2) is 0 Å². The Bertz CT molecular complexity index is 1290. The standard InChI is InChI=1S/C60H112NO7P/c1-6-8-10-12-14-16-18-20-22-24-26-28-30-32-34-36-38-40-42-44-46-48-50-52-55-65-57-59(58-67-69(63,64)66-56-54-61(3,4)5)68-60(62)53-51-49-47-45-43-41-39-37-35-33-31-29-27-25-23-21-19-17-15-13-11-9-7-2/h8,10,14,16,20,22,25-28,59H,6-7,9,11-13,15,17-19,21,23-24,29-58H2,1-5H3/b10-8-,16-14-,22-20-,27-25-,28-26-. The number of unbranched alkanes of at least 4 members (excludes halogenated alkanes) is 30. The summed E-state index contributed by atoms with van der Waals surface area (Å²) in [6, 6.07) is 0. The lowest BCUT2D eigenvalue weighted by Crippen LogP contribution is -2.37. The van der Waals surface area contributed by atoms with Crippen molar-refractivity contribution in [2.75, 3.05) is 54.1 Å². The van der Waals surface area contributed by atoms with E-state index in [1.807, 2.05) is 21.1 Å². The smallest absolute Gasteiger partial charge is 0.306 e. The minimum atomic E-state index is -4.54. The highest BCUT2D eigenvalue weighted by atomic mass is 31.2. The van der Waals surface area contributed by atoms with Gasteiger partial charge in [-0.15, -0.1) is 0 Å². The number of quaternary nitrogens is 1. The molecule has 0 radical (unpaired) electrons. The first kappa shape index (κ1) is 67.2. The monoisotopic (exact) mass is 990 g/mol. The predicted molar refractivity (Wildman–Crippen MR) is 296 cm³/mol. The molecule has 0 fully saturated rings. The molecule has 0 saturated carbocycles. The third-order valence-corrected chi connectivity index (χ3v) is 13.5. The predicted octanol–water partition coefficient (Wildman–Crippen LogP) is 17.8. The Hall–Kier alpha value is -1.80. The van der Waals surface area contributed by atoms with E-state index >= 15 is 0 Å².